The second-order valence-electron chi connectivity index (χ2n) is 5.56. The summed E-state index contributed by atoms with van der Waals surface area (Å²) in [5, 5.41) is 2.81. The van der Waals surface area contributed by atoms with Gasteiger partial charge < -0.3 is 15.0 Å². The first-order chi connectivity index (χ1) is 8.36. The Morgan fingerprint density at radius 3 is 2.67 bits per heavy atom. The monoisotopic (exact) mass is 256 g/mol. The van der Waals surface area contributed by atoms with E-state index in [1.54, 1.807) is 4.90 Å². The van der Waals surface area contributed by atoms with Crippen LogP contribution in [0.5, 0.6) is 0 Å². The van der Waals surface area contributed by atoms with E-state index in [1.807, 2.05) is 27.7 Å². The van der Waals surface area contributed by atoms with Gasteiger partial charge >= 0.3 is 0 Å². The number of nitrogens with zero attached hydrogens (tertiary/aromatic N) is 1. The van der Waals surface area contributed by atoms with Crippen molar-refractivity contribution in [2.24, 2.45) is 5.92 Å². The second-order valence-corrected chi connectivity index (χ2v) is 5.56. The summed E-state index contributed by atoms with van der Waals surface area (Å²) in [6.07, 6.45) is 0.317. The van der Waals surface area contributed by atoms with Gasteiger partial charge in [0.25, 0.3) is 0 Å². The smallest absolute Gasteiger partial charge is 0.225 e. The van der Waals surface area contributed by atoms with E-state index in [2.05, 4.69) is 5.32 Å². The van der Waals surface area contributed by atoms with Gasteiger partial charge in [0.15, 0.2) is 0 Å². The van der Waals surface area contributed by atoms with E-state index in [9.17, 15) is 9.59 Å². The van der Waals surface area contributed by atoms with Crippen molar-refractivity contribution in [2.45, 2.75) is 39.7 Å². The molecule has 1 fully saturated rings. The lowest BCUT2D eigenvalue weighted by Crippen LogP contribution is -2.43. The van der Waals surface area contributed by atoms with Crippen molar-refractivity contribution in [3.05, 3.63) is 0 Å². The molecule has 0 radical (unpaired) electrons. The van der Waals surface area contributed by atoms with Gasteiger partial charge in [-0.2, -0.15) is 0 Å². The average molecular weight is 256 g/mol. The van der Waals surface area contributed by atoms with Crippen molar-refractivity contribution in [2.75, 3.05) is 26.3 Å². The topological polar surface area (TPSA) is 58.6 Å². The van der Waals surface area contributed by atoms with Crippen LogP contribution in [0.1, 0.15) is 34.1 Å². The van der Waals surface area contributed by atoms with Gasteiger partial charge in [-0.05, 0) is 27.7 Å². The van der Waals surface area contributed by atoms with Crippen molar-refractivity contribution in [3.63, 3.8) is 0 Å². The highest BCUT2D eigenvalue weighted by atomic mass is 16.5. The molecule has 1 aliphatic rings. The first-order valence-electron chi connectivity index (χ1n) is 6.52. The molecule has 0 bridgehead atoms. The lowest BCUT2D eigenvalue weighted by molar-refractivity contribution is -0.132. The van der Waals surface area contributed by atoms with Gasteiger partial charge in [0.2, 0.25) is 11.8 Å². The molecule has 0 aromatic rings. The minimum Gasteiger partial charge on any atom is -0.380 e. The largest absolute Gasteiger partial charge is 0.380 e. The fraction of sp³-hybridized carbons (Fsp3) is 0.846. The van der Waals surface area contributed by atoms with Crippen LogP contribution >= 0.6 is 0 Å². The molecule has 18 heavy (non-hydrogen) atoms. The molecule has 104 valence electrons. The molecule has 0 spiro atoms. The summed E-state index contributed by atoms with van der Waals surface area (Å²) in [5.74, 6) is -0.208. The third-order valence-electron chi connectivity index (χ3n) is 3.06. The fourth-order valence-electron chi connectivity index (χ4n) is 2.07. The lowest BCUT2D eigenvalue weighted by Gasteiger charge is -2.31. The number of amides is 2. The highest BCUT2D eigenvalue weighted by Gasteiger charge is 2.39. The van der Waals surface area contributed by atoms with Gasteiger partial charge in [0.1, 0.15) is 0 Å². The summed E-state index contributed by atoms with van der Waals surface area (Å²) in [7, 11) is 0. The summed E-state index contributed by atoms with van der Waals surface area (Å²) < 4.78 is 5.15. The van der Waals surface area contributed by atoms with Crippen LogP contribution in [0, 0.1) is 5.92 Å². The van der Waals surface area contributed by atoms with Crippen molar-refractivity contribution >= 4 is 11.8 Å². The zero-order valence-corrected chi connectivity index (χ0v) is 11.8. The zero-order chi connectivity index (χ0) is 13.8. The van der Waals surface area contributed by atoms with Crippen LogP contribution in [0.15, 0.2) is 0 Å². The van der Waals surface area contributed by atoms with E-state index >= 15 is 0 Å². The van der Waals surface area contributed by atoms with Crippen molar-refractivity contribution in [1.29, 1.82) is 0 Å². The van der Waals surface area contributed by atoms with E-state index in [0.717, 1.165) is 0 Å². The van der Waals surface area contributed by atoms with Crippen LogP contribution in [0.2, 0.25) is 0 Å². The molecule has 1 aliphatic heterocycles. The van der Waals surface area contributed by atoms with Crippen molar-refractivity contribution in [1.82, 2.24) is 10.2 Å². The first-order valence-corrected chi connectivity index (χ1v) is 6.52. The number of carbonyl (C=O) groups excluding carboxylic acids is 2. The molecule has 0 aromatic heterocycles. The standard InChI is InChI=1S/C13H24N2O3/c1-5-18-7-6-14-12(17)10-8-11(16)15(9-10)13(2,3)4/h10H,5-9H2,1-4H3,(H,14,17). The molecule has 1 heterocycles. The maximum absolute atomic E-state index is 11.9. The van der Waals surface area contributed by atoms with Gasteiger partial charge in [0, 0.05) is 31.7 Å². The molecule has 1 N–H and O–H groups in total. The predicted octanol–water partition coefficient (Wildman–Crippen LogP) is 0.786. The van der Waals surface area contributed by atoms with Gasteiger partial charge in [-0.25, -0.2) is 0 Å². The van der Waals surface area contributed by atoms with Crippen LogP contribution in [-0.2, 0) is 14.3 Å². The molecular formula is C13H24N2O3. The number of carbonyl (C=O) groups is 2. The van der Waals surface area contributed by atoms with E-state index in [4.69, 9.17) is 4.74 Å². The Morgan fingerprint density at radius 2 is 2.17 bits per heavy atom. The van der Waals surface area contributed by atoms with Gasteiger partial charge in [0.05, 0.1) is 12.5 Å². The van der Waals surface area contributed by atoms with E-state index in [1.165, 1.54) is 0 Å². The van der Waals surface area contributed by atoms with Gasteiger partial charge in [-0.3, -0.25) is 9.59 Å². The molecule has 1 rings (SSSR count). The molecule has 5 heteroatoms. The lowest BCUT2D eigenvalue weighted by atomic mass is 10.1. The van der Waals surface area contributed by atoms with E-state index in [0.29, 0.717) is 32.7 Å². The summed E-state index contributed by atoms with van der Waals surface area (Å²) in [4.78, 5) is 25.5. The zero-order valence-electron chi connectivity index (χ0n) is 11.8. The maximum Gasteiger partial charge on any atom is 0.225 e. The number of hydrogen-bond acceptors (Lipinski definition) is 3. The first kappa shape index (κ1) is 15.0. The Hall–Kier alpha value is -1.10. The third-order valence-corrected chi connectivity index (χ3v) is 3.06. The predicted molar refractivity (Wildman–Crippen MR) is 69.1 cm³/mol. The van der Waals surface area contributed by atoms with Crippen LogP contribution in [0.25, 0.3) is 0 Å². The van der Waals surface area contributed by atoms with Gasteiger partial charge in [-0.1, -0.05) is 0 Å². The second kappa shape index (κ2) is 6.18. The quantitative estimate of drug-likeness (QED) is 0.740. The Kier molecular flexibility index (Phi) is 5.14. The van der Waals surface area contributed by atoms with Crippen LogP contribution in [-0.4, -0.2) is 48.6 Å². The minimum absolute atomic E-state index is 0.0465. The number of likely N-dealkylation sites (tertiary alicyclic amines) is 1. The summed E-state index contributed by atoms with van der Waals surface area (Å²) in [6, 6.07) is 0. The molecule has 0 aliphatic carbocycles. The highest BCUT2D eigenvalue weighted by Crippen LogP contribution is 2.25. The molecule has 1 atom stereocenters. The molecule has 1 saturated heterocycles. The average Bonchev–Trinajstić information content (AvgIpc) is 2.66. The SMILES string of the molecule is CCOCCNC(=O)C1CC(=O)N(C(C)(C)C)C1. The number of hydrogen-bond donors (Lipinski definition) is 1. The number of ether oxygens (including phenoxy) is 1. The van der Waals surface area contributed by atoms with Crippen LogP contribution in [0.3, 0.4) is 0 Å². The Morgan fingerprint density at radius 1 is 1.50 bits per heavy atom. The molecular weight excluding hydrogens is 232 g/mol. The number of nitrogens with one attached hydrogen (secondary N) is 1. The van der Waals surface area contributed by atoms with E-state index in [-0.39, 0.29) is 23.3 Å². The fourth-order valence-corrected chi connectivity index (χ4v) is 2.07. The highest BCUT2D eigenvalue weighted by molar-refractivity contribution is 5.89. The molecule has 1 unspecified atom stereocenters. The maximum atomic E-state index is 11.9. The Bertz CT molecular complexity index is 310. The molecule has 5 nitrogen and oxygen atoms in total. The van der Waals surface area contributed by atoms with Crippen molar-refractivity contribution < 1.29 is 14.3 Å². The molecule has 0 aromatic carbocycles. The minimum atomic E-state index is -0.224. The van der Waals surface area contributed by atoms with Crippen molar-refractivity contribution in [3.8, 4) is 0 Å². The van der Waals surface area contributed by atoms with E-state index < -0.39 is 0 Å². The van der Waals surface area contributed by atoms with Crippen LogP contribution < -0.4 is 5.32 Å². The summed E-state index contributed by atoms with van der Waals surface area (Å²) in [6.45, 7) is 10.1. The Labute approximate surface area is 109 Å². The normalized spacial score (nSPS) is 20.3. The molecule has 0 saturated carbocycles. The van der Waals surface area contributed by atoms with Crippen LogP contribution in [0.4, 0.5) is 0 Å². The summed E-state index contributed by atoms with van der Waals surface area (Å²) in [5.41, 5.74) is -0.211. The third kappa shape index (κ3) is 3.98. The Balaban J connectivity index is 2.41. The number of rotatable bonds is 5. The van der Waals surface area contributed by atoms with Gasteiger partial charge in [-0.15, -0.1) is 0 Å². The molecule has 2 amide bonds. The summed E-state index contributed by atoms with van der Waals surface area (Å²) >= 11 is 0.